The van der Waals surface area contributed by atoms with Crippen molar-refractivity contribution < 1.29 is 27.9 Å². The number of rotatable bonds is 7. The molecule has 2 N–H and O–H groups in total. The summed E-state index contributed by atoms with van der Waals surface area (Å²) in [7, 11) is 0. The van der Waals surface area contributed by atoms with Crippen LogP contribution in [0.5, 0.6) is 0 Å². The van der Waals surface area contributed by atoms with Crippen molar-refractivity contribution in [1.82, 2.24) is 10.2 Å². The minimum absolute atomic E-state index is 0.157. The molecule has 0 aromatic rings. The molecule has 0 rings (SSSR count). The van der Waals surface area contributed by atoms with E-state index in [0.717, 1.165) is 0 Å². The minimum atomic E-state index is -4.54. The molecule has 0 saturated heterocycles. The highest BCUT2D eigenvalue weighted by Crippen LogP contribution is 2.16. The van der Waals surface area contributed by atoms with E-state index in [9.17, 15) is 22.8 Å². The number of carbonyl (C=O) groups is 2. The zero-order chi connectivity index (χ0) is 14.3. The van der Waals surface area contributed by atoms with Crippen LogP contribution in [0.2, 0.25) is 0 Å². The molecule has 0 aromatic carbocycles. The first-order valence-corrected chi connectivity index (χ1v) is 5.44. The van der Waals surface area contributed by atoms with Crippen molar-refractivity contribution in [2.45, 2.75) is 32.5 Å². The molecule has 106 valence electrons. The van der Waals surface area contributed by atoms with E-state index < -0.39 is 37.7 Å². The highest BCUT2D eigenvalue weighted by molar-refractivity contribution is 5.79. The zero-order valence-corrected chi connectivity index (χ0v) is 10.3. The summed E-state index contributed by atoms with van der Waals surface area (Å²) >= 11 is 0. The summed E-state index contributed by atoms with van der Waals surface area (Å²) in [6.07, 6.45) is -3.89. The van der Waals surface area contributed by atoms with Gasteiger partial charge in [0.1, 0.15) is 0 Å². The van der Waals surface area contributed by atoms with E-state index in [4.69, 9.17) is 5.11 Å². The van der Waals surface area contributed by atoms with Crippen LogP contribution in [0.4, 0.5) is 13.2 Å². The van der Waals surface area contributed by atoms with E-state index in [1.165, 1.54) is 0 Å². The monoisotopic (exact) mass is 270 g/mol. The Hall–Kier alpha value is -1.31. The molecule has 1 amide bonds. The van der Waals surface area contributed by atoms with Gasteiger partial charge in [-0.15, -0.1) is 0 Å². The first-order chi connectivity index (χ1) is 8.14. The third-order valence-electron chi connectivity index (χ3n) is 2.15. The normalized spacial score (nSPS) is 13.4. The van der Waals surface area contributed by atoms with Gasteiger partial charge in [-0.05, 0) is 13.3 Å². The van der Waals surface area contributed by atoms with Gasteiger partial charge in [-0.1, -0.05) is 6.92 Å². The summed E-state index contributed by atoms with van der Waals surface area (Å²) in [6.45, 7) is 0.690. The fourth-order valence-electron chi connectivity index (χ4n) is 1.24. The Bertz CT molecular complexity index is 295. The molecule has 1 atom stereocenters. The Morgan fingerprint density at radius 2 is 1.89 bits per heavy atom. The summed E-state index contributed by atoms with van der Waals surface area (Å²) in [5.74, 6) is -2.02. The van der Waals surface area contributed by atoms with Crippen molar-refractivity contribution in [2.75, 3.05) is 19.6 Å². The Kier molecular flexibility index (Phi) is 6.67. The van der Waals surface area contributed by atoms with Crippen molar-refractivity contribution in [3.05, 3.63) is 0 Å². The molecule has 0 fully saturated rings. The first kappa shape index (κ1) is 16.7. The number of hydrogen-bond acceptors (Lipinski definition) is 3. The van der Waals surface area contributed by atoms with Gasteiger partial charge in [0.05, 0.1) is 19.6 Å². The number of alkyl halides is 3. The van der Waals surface area contributed by atoms with Crippen molar-refractivity contribution in [3.63, 3.8) is 0 Å². The molecule has 0 aliphatic rings. The molecule has 0 spiro atoms. The van der Waals surface area contributed by atoms with Gasteiger partial charge in [0.25, 0.3) is 0 Å². The van der Waals surface area contributed by atoms with Gasteiger partial charge in [-0.3, -0.25) is 14.5 Å². The van der Waals surface area contributed by atoms with E-state index in [2.05, 4.69) is 5.32 Å². The summed E-state index contributed by atoms with van der Waals surface area (Å²) < 4.78 is 36.5. The average Bonchev–Trinajstić information content (AvgIpc) is 2.12. The molecular formula is C10H17F3N2O3. The maximum absolute atomic E-state index is 12.2. The standard InChI is InChI=1S/C10H17F3N2O3/c1-3-7(2)14-8(16)4-15(5-9(17)18)6-10(11,12)13/h7H,3-6H2,1-2H3,(H,14,16)(H,17,18). The summed E-state index contributed by atoms with van der Waals surface area (Å²) in [6, 6.07) is -0.157. The van der Waals surface area contributed by atoms with Gasteiger partial charge in [0.15, 0.2) is 0 Å². The van der Waals surface area contributed by atoms with Gasteiger partial charge in [0, 0.05) is 6.04 Å². The fraction of sp³-hybridized carbons (Fsp3) is 0.800. The van der Waals surface area contributed by atoms with Crippen LogP contribution in [-0.4, -0.2) is 53.7 Å². The third kappa shape index (κ3) is 8.80. The number of nitrogens with one attached hydrogen (secondary N) is 1. The molecule has 1 unspecified atom stereocenters. The lowest BCUT2D eigenvalue weighted by molar-refractivity contribution is -0.155. The molecule has 8 heteroatoms. The number of nitrogens with zero attached hydrogens (tertiary/aromatic N) is 1. The van der Waals surface area contributed by atoms with Gasteiger partial charge >= 0.3 is 12.1 Å². The third-order valence-corrected chi connectivity index (χ3v) is 2.15. The lowest BCUT2D eigenvalue weighted by atomic mass is 10.2. The number of halogens is 3. The van der Waals surface area contributed by atoms with Crippen LogP contribution in [0.1, 0.15) is 20.3 Å². The van der Waals surface area contributed by atoms with E-state index >= 15 is 0 Å². The van der Waals surface area contributed by atoms with Crippen molar-refractivity contribution in [2.24, 2.45) is 0 Å². The quantitative estimate of drug-likeness (QED) is 0.719. The highest BCUT2D eigenvalue weighted by Gasteiger charge is 2.32. The molecule has 0 aliphatic heterocycles. The SMILES string of the molecule is CCC(C)NC(=O)CN(CC(=O)O)CC(F)(F)F. The van der Waals surface area contributed by atoms with E-state index in [0.29, 0.717) is 11.3 Å². The summed E-state index contributed by atoms with van der Waals surface area (Å²) in [4.78, 5) is 22.3. The van der Waals surface area contributed by atoms with Crippen LogP contribution in [0.25, 0.3) is 0 Å². The van der Waals surface area contributed by atoms with Gasteiger partial charge in [-0.25, -0.2) is 0 Å². The Balaban J connectivity index is 4.40. The second-order valence-electron chi connectivity index (χ2n) is 4.03. The molecule has 0 heterocycles. The maximum atomic E-state index is 12.2. The number of amides is 1. The minimum Gasteiger partial charge on any atom is -0.480 e. The van der Waals surface area contributed by atoms with Crippen molar-refractivity contribution in [3.8, 4) is 0 Å². The first-order valence-electron chi connectivity index (χ1n) is 5.44. The fourth-order valence-corrected chi connectivity index (χ4v) is 1.24. The topological polar surface area (TPSA) is 69.6 Å². The Labute approximate surface area is 103 Å². The van der Waals surface area contributed by atoms with Crippen molar-refractivity contribution in [1.29, 1.82) is 0 Å². The van der Waals surface area contributed by atoms with Crippen LogP contribution < -0.4 is 5.32 Å². The Morgan fingerprint density at radius 1 is 1.33 bits per heavy atom. The lowest BCUT2D eigenvalue weighted by Crippen LogP contribution is -2.45. The van der Waals surface area contributed by atoms with Crippen LogP contribution in [0.15, 0.2) is 0 Å². The summed E-state index contributed by atoms with van der Waals surface area (Å²) in [5, 5.41) is 11.0. The number of aliphatic carboxylic acids is 1. The smallest absolute Gasteiger partial charge is 0.401 e. The van der Waals surface area contributed by atoms with Gasteiger partial charge in [0.2, 0.25) is 5.91 Å². The predicted octanol–water partition coefficient (Wildman–Crippen LogP) is 0.850. The van der Waals surface area contributed by atoms with E-state index in [-0.39, 0.29) is 6.04 Å². The molecule has 0 aliphatic carbocycles. The largest absolute Gasteiger partial charge is 0.480 e. The number of carbonyl (C=O) groups excluding carboxylic acids is 1. The second kappa shape index (κ2) is 7.20. The number of hydrogen-bond donors (Lipinski definition) is 2. The Morgan fingerprint density at radius 3 is 2.28 bits per heavy atom. The predicted molar refractivity (Wildman–Crippen MR) is 58.0 cm³/mol. The maximum Gasteiger partial charge on any atom is 0.401 e. The van der Waals surface area contributed by atoms with Gasteiger partial charge < -0.3 is 10.4 Å². The van der Waals surface area contributed by atoms with Crippen LogP contribution in [-0.2, 0) is 9.59 Å². The second-order valence-corrected chi connectivity index (χ2v) is 4.03. The van der Waals surface area contributed by atoms with E-state index in [1.807, 2.05) is 6.92 Å². The molecule has 0 bridgehead atoms. The van der Waals surface area contributed by atoms with Crippen LogP contribution >= 0.6 is 0 Å². The summed E-state index contributed by atoms with van der Waals surface area (Å²) in [5.41, 5.74) is 0. The van der Waals surface area contributed by atoms with E-state index in [1.54, 1.807) is 6.92 Å². The average molecular weight is 270 g/mol. The molecule has 18 heavy (non-hydrogen) atoms. The zero-order valence-electron chi connectivity index (χ0n) is 10.3. The highest BCUT2D eigenvalue weighted by atomic mass is 19.4. The van der Waals surface area contributed by atoms with Gasteiger partial charge in [-0.2, -0.15) is 13.2 Å². The lowest BCUT2D eigenvalue weighted by Gasteiger charge is -2.22. The molecular weight excluding hydrogens is 253 g/mol. The van der Waals surface area contributed by atoms with Crippen LogP contribution in [0.3, 0.4) is 0 Å². The number of carboxylic acids is 1. The molecule has 0 saturated carbocycles. The number of carboxylic acid groups (broad SMARTS) is 1. The van der Waals surface area contributed by atoms with Crippen LogP contribution in [0, 0.1) is 0 Å². The molecule has 0 aromatic heterocycles. The molecule has 0 radical (unpaired) electrons. The molecule has 5 nitrogen and oxygen atoms in total. The van der Waals surface area contributed by atoms with Crippen molar-refractivity contribution >= 4 is 11.9 Å².